The van der Waals surface area contributed by atoms with Gasteiger partial charge < -0.3 is 4.74 Å². The summed E-state index contributed by atoms with van der Waals surface area (Å²) >= 11 is 0. The highest BCUT2D eigenvalue weighted by atomic mass is 19.4. The number of halogens is 5. The molecule has 0 amide bonds. The van der Waals surface area contributed by atoms with Crippen molar-refractivity contribution in [2.24, 2.45) is 0 Å². The van der Waals surface area contributed by atoms with E-state index in [0.717, 1.165) is 10.9 Å². The van der Waals surface area contributed by atoms with Crippen molar-refractivity contribution in [2.75, 3.05) is 0 Å². The molecule has 0 unspecified atom stereocenters. The van der Waals surface area contributed by atoms with Crippen molar-refractivity contribution in [3.8, 4) is 11.4 Å². The number of aryl methyl sites for hydroxylation is 1. The molecule has 1 heterocycles. The molecule has 0 saturated heterocycles. The highest BCUT2D eigenvalue weighted by Gasteiger charge is 2.65. The number of rotatable bonds is 3. The van der Waals surface area contributed by atoms with Gasteiger partial charge in [-0.3, -0.25) is 0 Å². The summed E-state index contributed by atoms with van der Waals surface area (Å²) in [5.74, 6) is -8.89. The molecule has 0 spiro atoms. The summed E-state index contributed by atoms with van der Waals surface area (Å²) in [7, 11) is 0. The van der Waals surface area contributed by atoms with E-state index in [4.69, 9.17) is 0 Å². The van der Waals surface area contributed by atoms with Crippen LogP contribution in [-0.2, 0) is 4.79 Å². The monoisotopic (exact) mass is 371 g/mol. The van der Waals surface area contributed by atoms with Crippen LogP contribution in [0.1, 0.15) is 5.56 Å². The lowest BCUT2D eigenvalue weighted by atomic mass is 10.2. The quantitative estimate of drug-likeness (QED) is 0.399. The predicted molar refractivity (Wildman–Crippen MR) is 80.2 cm³/mol. The Kier molecular flexibility index (Phi) is 4.13. The Balaban J connectivity index is 2.03. The van der Waals surface area contributed by atoms with Crippen molar-refractivity contribution in [2.45, 2.75) is 19.0 Å². The van der Waals surface area contributed by atoms with Crippen molar-refractivity contribution in [1.29, 1.82) is 0 Å². The normalized spacial score (nSPS) is 12.4. The largest absolute Gasteiger partial charge is 0.465 e. The number of nitrogens with zero attached hydrogens (tertiary/aromatic N) is 3. The molecule has 0 N–H and O–H groups in total. The van der Waals surface area contributed by atoms with Gasteiger partial charge in [-0.2, -0.15) is 22.0 Å². The first kappa shape index (κ1) is 17.8. The van der Waals surface area contributed by atoms with Gasteiger partial charge in [0.1, 0.15) is 16.7 Å². The van der Waals surface area contributed by atoms with E-state index in [1.807, 2.05) is 0 Å². The topological polar surface area (TPSA) is 57.0 Å². The third-order valence-electron chi connectivity index (χ3n) is 3.43. The number of hydrogen-bond donors (Lipinski definition) is 0. The van der Waals surface area contributed by atoms with Crippen LogP contribution in [0.25, 0.3) is 16.7 Å². The van der Waals surface area contributed by atoms with E-state index in [1.54, 1.807) is 31.2 Å². The Bertz CT molecular complexity index is 948. The second kappa shape index (κ2) is 6.04. The molecular formula is C16H10F5N3O2. The molecule has 1 aromatic heterocycles. The van der Waals surface area contributed by atoms with E-state index in [1.165, 1.54) is 12.1 Å². The number of carbonyl (C=O) groups excluding carboxylic acids is 1. The van der Waals surface area contributed by atoms with Gasteiger partial charge in [0.05, 0.1) is 0 Å². The summed E-state index contributed by atoms with van der Waals surface area (Å²) in [4.78, 5) is 12.4. The van der Waals surface area contributed by atoms with Gasteiger partial charge in [-0.05, 0) is 36.8 Å². The minimum absolute atomic E-state index is 0.0486. The molecule has 0 aliphatic heterocycles. The number of esters is 1. The second-order valence-corrected chi connectivity index (χ2v) is 5.41. The highest BCUT2D eigenvalue weighted by molar-refractivity contribution is 5.82. The molecule has 0 aliphatic rings. The van der Waals surface area contributed by atoms with Crippen molar-refractivity contribution < 1.29 is 31.5 Å². The van der Waals surface area contributed by atoms with E-state index >= 15 is 0 Å². The van der Waals surface area contributed by atoms with Gasteiger partial charge in [0.2, 0.25) is 0 Å². The lowest BCUT2D eigenvalue weighted by Gasteiger charge is -2.18. The lowest BCUT2D eigenvalue weighted by molar-refractivity contribution is -0.276. The minimum Gasteiger partial charge on any atom is -0.419 e. The Morgan fingerprint density at radius 1 is 1.00 bits per heavy atom. The van der Waals surface area contributed by atoms with Gasteiger partial charge in [0.25, 0.3) is 0 Å². The molecule has 2 aromatic carbocycles. The number of carbonyl (C=O) groups is 1. The molecular weight excluding hydrogens is 361 g/mol. The van der Waals surface area contributed by atoms with Crippen molar-refractivity contribution >= 4 is 17.0 Å². The maximum absolute atomic E-state index is 13.2. The zero-order chi connectivity index (χ0) is 19.1. The minimum atomic E-state index is -6.06. The zero-order valence-corrected chi connectivity index (χ0v) is 13.1. The van der Waals surface area contributed by atoms with E-state index in [9.17, 15) is 26.7 Å². The first-order valence-electron chi connectivity index (χ1n) is 7.19. The maximum Gasteiger partial charge on any atom is 0.465 e. The number of hydrogen-bond acceptors (Lipinski definition) is 4. The van der Waals surface area contributed by atoms with E-state index in [0.29, 0.717) is 16.6 Å². The van der Waals surface area contributed by atoms with E-state index in [-0.39, 0.29) is 5.69 Å². The summed E-state index contributed by atoms with van der Waals surface area (Å²) in [6, 6.07) is 10.6. The summed E-state index contributed by atoms with van der Waals surface area (Å²) in [6.45, 7) is 1.66. The van der Waals surface area contributed by atoms with Crippen LogP contribution < -0.4 is 4.74 Å². The van der Waals surface area contributed by atoms with Crippen molar-refractivity contribution in [3.63, 3.8) is 0 Å². The number of benzene rings is 2. The van der Waals surface area contributed by atoms with Crippen LogP contribution in [0.15, 0.2) is 42.5 Å². The first-order chi connectivity index (χ1) is 12.1. The first-order valence-corrected chi connectivity index (χ1v) is 7.19. The van der Waals surface area contributed by atoms with Crippen LogP contribution in [0.2, 0.25) is 0 Å². The molecule has 3 rings (SSSR count). The van der Waals surface area contributed by atoms with Gasteiger partial charge in [-0.25, -0.2) is 4.79 Å². The SMILES string of the molecule is Cc1ccc(OC(=O)C(F)(F)C(F)(F)F)c(-n2nc3ccccc3n2)c1. The van der Waals surface area contributed by atoms with Gasteiger partial charge in [0, 0.05) is 0 Å². The highest BCUT2D eigenvalue weighted by Crippen LogP contribution is 2.37. The Morgan fingerprint density at radius 2 is 1.58 bits per heavy atom. The number of aromatic nitrogens is 3. The molecule has 0 atom stereocenters. The van der Waals surface area contributed by atoms with Crippen LogP contribution in [0, 0.1) is 6.92 Å². The standard InChI is InChI=1S/C16H10F5N3O2/c1-9-6-7-13(26-14(25)15(17,18)16(19,20)21)12(8-9)24-22-10-4-2-3-5-11(10)23-24/h2-8H,1H3. The summed E-state index contributed by atoms with van der Waals surface area (Å²) in [5, 5.41) is 8.21. The Morgan fingerprint density at radius 3 is 2.12 bits per heavy atom. The number of ether oxygens (including phenoxy) is 1. The van der Waals surface area contributed by atoms with Gasteiger partial charge in [-0.1, -0.05) is 18.2 Å². The molecule has 0 saturated carbocycles. The third-order valence-corrected chi connectivity index (χ3v) is 3.43. The molecule has 0 aliphatic carbocycles. The Labute approximate surface area is 143 Å². The van der Waals surface area contributed by atoms with Crippen LogP contribution in [0.3, 0.4) is 0 Å². The number of fused-ring (bicyclic) bond motifs is 1. The van der Waals surface area contributed by atoms with Crippen molar-refractivity contribution in [1.82, 2.24) is 15.0 Å². The molecule has 0 radical (unpaired) electrons. The zero-order valence-electron chi connectivity index (χ0n) is 13.1. The molecule has 10 heteroatoms. The Hall–Kier alpha value is -3.04. The van der Waals surface area contributed by atoms with Crippen molar-refractivity contribution in [3.05, 3.63) is 48.0 Å². The van der Waals surface area contributed by atoms with Crippen LogP contribution >= 0.6 is 0 Å². The summed E-state index contributed by atoms with van der Waals surface area (Å²) in [6.07, 6.45) is -6.06. The smallest absolute Gasteiger partial charge is 0.419 e. The summed E-state index contributed by atoms with van der Waals surface area (Å²) in [5.41, 5.74) is 1.51. The maximum atomic E-state index is 13.2. The lowest BCUT2D eigenvalue weighted by Crippen LogP contribution is -2.46. The van der Waals surface area contributed by atoms with Crippen LogP contribution in [0.4, 0.5) is 22.0 Å². The summed E-state index contributed by atoms with van der Waals surface area (Å²) < 4.78 is 67.6. The second-order valence-electron chi connectivity index (χ2n) is 5.41. The van der Waals surface area contributed by atoms with Crippen LogP contribution in [0.5, 0.6) is 5.75 Å². The predicted octanol–water partition coefficient (Wildman–Crippen LogP) is 3.83. The molecule has 0 fully saturated rings. The van der Waals surface area contributed by atoms with Crippen LogP contribution in [-0.4, -0.2) is 33.1 Å². The average Bonchev–Trinajstić information content (AvgIpc) is 2.99. The van der Waals surface area contributed by atoms with E-state index < -0.39 is 23.8 Å². The van der Waals surface area contributed by atoms with Gasteiger partial charge in [0.15, 0.2) is 5.75 Å². The fourth-order valence-corrected chi connectivity index (χ4v) is 2.12. The molecule has 0 bridgehead atoms. The third kappa shape index (κ3) is 3.09. The van der Waals surface area contributed by atoms with E-state index in [2.05, 4.69) is 14.9 Å². The molecule has 3 aromatic rings. The molecule has 136 valence electrons. The van der Waals surface area contributed by atoms with Gasteiger partial charge >= 0.3 is 18.1 Å². The fourth-order valence-electron chi connectivity index (χ4n) is 2.12. The molecule has 26 heavy (non-hydrogen) atoms. The number of alkyl halides is 5. The molecule has 5 nitrogen and oxygen atoms in total. The van der Waals surface area contributed by atoms with Gasteiger partial charge in [-0.15, -0.1) is 15.0 Å². The fraction of sp³-hybridized carbons (Fsp3) is 0.188. The average molecular weight is 371 g/mol.